The van der Waals surface area contributed by atoms with Crippen LogP contribution in [-0.4, -0.2) is 21.6 Å². The predicted molar refractivity (Wildman–Crippen MR) is 95.6 cm³/mol. The van der Waals surface area contributed by atoms with E-state index in [1.54, 1.807) is 0 Å². The van der Waals surface area contributed by atoms with Crippen LogP contribution in [0.3, 0.4) is 0 Å². The van der Waals surface area contributed by atoms with Gasteiger partial charge in [0.2, 0.25) is 0 Å². The maximum Gasteiger partial charge on any atom is 0.255 e. The highest BCUT2D eigenvalue weighted by Crippen LogP contribution is 2.20. The molecule has 24 heavy (non-hydrogen) atoms. The number of hydrogen-bond acceptors (Lipinski definition) is 3. The Labute approximate surface area is 141 Å². The molecule has 0 aliphatic heterocycles. The van der Waals surface area contributed by atoms with Crippen molar-refractivity contribution in [1.29, 1.82) is 0 Å². The van der Waals surface area contributed by atoms with E-state index in [2.05, 4.69) is 10.3 Å². The second-order valence-corrected chi connectivity index (χ2v) is 6.07. The fourth-order valence-corrected chi connectivity index (χ4v) is 2.55. The Morgan fingerprint density at radius 1 is 1.17 bits per heavy atom. The smallest absolute Gasteiger partial charge is 0.255 e. The van der Waals surface area contributed by atoms with E-state index < -0.39 is 0 Å². The number of carbonyl (C=O) groups is 1. The molecule has 0 spiro atoms. The molecule has 3 aromatic rings. The molecule has 1 heterocycles. The first-order valence-electron chi connectivity index (χ1n) is 7.95. The molecule has 1 aromatic heterocycles. The van der Waals surface area contributed by atoms with Gasteiger partial charge >= 0.3 is 0 Å². The minimum absolute atomic E-state index is 0.124. The molecular weight excluding hydrogens is 302 g/mol. The molecule has 0 fully saturated rings. The van der Waals surface area contributed by atoms with Crippen molar-refractivity contribution in [2.45, 2.75) is 26.9 Å². The summed E-state index contributed by atoms with van der Waals surface area (Å²) >= 11 is 0. The van der Waals surface area contributed by atoms with Gasteiger partial charge in [-0.05, 0) is 63.2 Å². The molecule has 0 unspecified atom stereocenters. The van der Waals surface area contributed by atoms with Gasteiger partial charge in [0.1, 0.15) is 11.6 Å². The second-order valence-electron chi connectivity index (χ2n) is 6.07. The van der Waals surface area contributed by atoms with Crippen LogP contribution in [0.15, 0.2) is 42.5 Å². The first-order chi connectivity index (χ1) is 11.4. The van der Waals surface area contributed by atoms with Crippen molar-refractivity contribution in [3.63, 3.8) is 0 Å². The number of nitrogens with one attached hydrogen (secondary N) is 1. The average molecular weight is 323 g/mol. The third-order valence-electron chi connectivity index (χ3n) is 3.85. The summed E-state index contributed by atoms with van der Waals surface area (Å²) in [5.74, 6) is 1.55. The number of nitrogens with zero attached hydrogens (tertiary/aromatic N) is 2. The number of ether oxygens (including phenoxy) is 1. The van der Waals surface area contributed by atoms with Gasteiger partial charge in [-0.25, -0.2) is 4.98 Å². The third kappa shape index (κ3) is 3.25. The second kappa shape index (κ2) is 6.35. The van der Waals surface area contributed by atoms with E-state index in [1.807, 2.05) is 74.9 Å². The van der Waals surface area contributed by atoms with E-state index >= 15 is 0 Å². The molecule has 124 valence electrons. The molecule has 5 heteroatoms. The SMILES string of the molecule is Cc1nc2cc(C(=O)Nc3ccc(OC(C)C)cc3)ccc2n1C. The lowest BCUT2D eigenvalue weighted by molar-refractivity contribution is 0.102. The highest BCUT2D eigenvalue weighted by atomic mass is 16.5. The summed E-state index contributed by atoms with van der Waals surface area (Å²) in [7, 11) is 1.96. The van der Waals surface area contributed by atoms with E-state index in [0.29, 0.717) is 5.56 Å². The number of amides is 1. The summed E-state index contributed by atoms with van der Waals surface area (Å²) < 4.78 is 7.60. The highest BCUT2D eigenvalue weighted by molar-refractivity contribution is 6.06. The molecule has 1 amide bonds. The molecule has 2 aromatic carbocycles. The summed E-state index contributed by atoms with van der Waals surface area (Å²) in [5.41, 5.74) is 3.15. The maximum atomic E-state index is 12.4. The molecule has 1 N–H and O–H groups in total. The Morgan fingerprint density at radius 2 is 1.88 bits per heavy atom. The van der Waals surface area contributed by atoms with Gasteiger partial charge in [0.25, 0.3) is 5.91 Å². The number of carbonyl (C=O) groups excluding carboxylic acids is 1. The van der Waals surface area contributed by atoms with E-state index in [0.717, 1.165) is 28.3 Å². The van der Waals surface area contributed by atoms with Crippen molar-refractivity contribution in [3.05, 3.63) is 53.9 Å². The molecular formula is C19H21N3O2. The minimum atomic E-state index is -0.155. The lowest BCUT2D eigenvalue weighted by atomic mass is 10.2. The van der Waals surface area contributed by atoms with Crippen LogP contribution in [0.2, 0.25) is 0 Å². The van der Waals surface area contributed by atoms with Gasteiger partial charge in [-0.2, -0.15) is 0 Å². The lowest BCUT2D eigenvalue weighted by Crippen LogP contribution is -2.12. The summed E-state index contributed by atoms with van der Waals surface area (Å²) in [4.78, 5) is 16.9. The first kappa shape index (κ1) is 16.1. The summed E-state index contributed by atoms with van der Waals surface area (Å²) in [6, 6.07) is 12.9. The Hall–Kier alpha value is -2.82. The molecule has 5 nitrogen and oxygen atoms in total. The zero-order chi connectivity index (χ0) is 17.3. The number of fused-ring (bicyclic) bond motifs is 1. The molecule has 0 bridgehead atoms. The van der Waals surface area contributed by atoms with Crippen LogP contribution in [0.25, 0.3) is 11.0 Å². The lowest BCUT2D eigenvalue weighted by Gasteiger charge is -2.10. The Bertz CT molecular complexity index is 880. The topological polar surface area (TPSA) is 56.1 Å². The third-order valence-corrected chi connectivity index (χ3v) is 3.85. The number of rotatable bonds is 4. The van der Waals surface area contributed by atoms with E-state index in [4.69, 9.17) is 4.74 Å². The monoisotopic (exact) mass is 323 g/mol. The highest BCUT2D eigenvalue weighted by Gasteiger charge is 2.10. The molecule has 0 saturated heterocycles. The molecule has 0 radical (unpaired) electrons. The van der Waals surface area contributed by atoms with Crippen LogP contribution in [0.5, 0.6) is 5.75 Å². The molecule has 0 atom stereocenters. The van der Waals surface area contributed by atoms with Crippen molar-refractivity contribution < 1.29 is 9.53 Å². The van der Waals surface area contributed by atoms with E-state index in [1.165, 1.54) is 0 Å². The fourth-order valence-electron chi connectivity index (χ4n) is 2.55. The van der Waals surface area contributed by atoms with Crippen LogP contribution in [0.1, 0.15) is 30.0 Å². The van der Waals surface area contributed by atoms with E-state index in [9.17, 15) is 4.79 Å². The number of hydrogen-bond donors (Lipinski definition) is 1. The van der Waals surface area contributed by atoms with Crippen molar-refractivity contribution >= 4 is 22.6 Å². The van der Waals surface area contributed by atoms with Gasteiger partial charge in [-0.3, -0.25) is 4.79 Å². The van der Waals surface area contributed by atoms with Gasteiger partial charge < -0.3 is 14.6 Å². The molecule has 0 aliphatic rings. The number of aromatic nitrogens is 2. The normalized spacial score (nSPS) is 11.0. The summed E-state index contributed by atoms with van der Waals surface area (Å²) in [5, 5.41) is 2.90. The zero-order valence-corrected chi connectivity index (χ0v) is 14.3. The van der Waals surface area contributed by atoms with Gasteiger partial charge in [-0.15, -0.1) is 0 Å². The van der Waals surface area contributed by atoms with Gasteiger partial charge in [0.05, 0.1) is 17.1 Å². The zero-order valence-electron chi connectivity index (χ0n) is 14.3. The number of anilines is 1. The average Bonchev–Trinajstić information content (AvgIpc) is 2.83. The van der Waals surface area contributed by atoms with Crippen molar-refractivity contribution in [1.82, 2.24) is 9.55 Å². The van der Waals surface area contributed by atoms with Gasteiger partial charge in [0.15, 0.2) is 0 Å². The predicted octanol–water partition coefficient (Wildman–Crippen LogP) is 3.92. The van der Waals surface area contributed by atoms with Crippen LogP contribution in [0.4, 0.5) is 5.69 Å². The number of benzene rings is 2. The first-order valence-corrected chi connectivity index (χ1v) is 7.95. The number of aryl methyl sites for hydroxylation is 2. The van der Waals surface area contributed by atoms with E-state index in [-0.39, 0.29) is 12.0 Å². The fraction of sp³-hybridized carbons (Fsp3) is 0.263. The maximum absolute atomic E-state index is 12.4. The minimum Gasteiger partial charge on any atom is -0.491 e. The van der Waals surface area contributed by atoms with Gasteiger partial charge in [-0.1, -0.05) is 0 Å². The standard InChI is InChI=1S/C19H21N3O2/c1-12(2)24-16-8-6-15(7-9-16)21-19(23)14-5-10-18-17(11-14)20-13(3)22(18)4/h5-12H,1-4H3,(H,21,23). The molecule has 0 saturated carbocycles. The summed E-state index contributed by atoms with van der Waals surface area (Å²) in [6.07, 6.45) is 0.124. The van der Waals surface area contributed by atoms with Crippen LogP contribution < -0.4 is 10.1 Å². The number of imidazole rings is 1. The van der Waals surface area contributed by atoms with Crippen LogP contribution in [0, 0.1) is 6.92 Å². The Kier molecular flexibility index (Phi) is 4.25. The largest absolute Gasteiger partial charge is 0.491 e. The van der Waals surface area contributed by atoms with Gasteiger partial charge in [0, 0.05) is 18.3 Å². The van der Waals surface area contributed by atoms with Crippen LogP contribution >= 0.6 is 0 Å². The molecule has 0 aliphatic carbocycles. The molecule has 3 rings (SSSR count). The quantitative estimate of drug-likeness (QED) is 0.791. The van der Waals surface area contributed by atoms with Crippen molar-refractivity contribution in [3.8, 4) is 5.75 Å². The van der Waals surface area contributed by atoms with Crippen LogP contribution in [-0.2, 0) is 7.05 Å². The Balaban J connectivity index is 1.77. The Morgan fingerprint density at radius 3 is 2.54 bits per heavy atom. The summed E-state index contributed by atoms with van der Waals surface area (Å²) in [6.45, 7) is 5.90. The van der Waals surface area contributed by atoms with Crippen molar-refractivity contribution in [2.75, 3.05) is 5.32 Å². The van der Waals surface area contributed by atoms with Crippen molar-refractivity contribution in [2.24, 2.45) is 7.05 Å².